The fraction of sp³-hybridized carbons (Fsp3) is 0.400. The predicted molar refractivity (Wildman–Crippen MR) is 52.8 cm³/mol. The molecule has 1 aliphatic carbocycles. The average molecular weight is 266 g/mol. The molecule has 0 atom stereocenters. The van der Waals surface area contributed by atoms with Crippen LogP contribution in [0.5, 0.6) is 0 Å². The predicted octanol–water partition coefficient (Wildman–Crippen LogP) is 1.96. The minimum Gasteiger partial charge on any atom is -0.385 e. The Labute approximate surface area is 95.8 Å². The highest BCUT2D eigenvalue weighted by atomic mass is 32.2. The van der Waals surface area contributed by atoms with Gasteiger partial charge in [0.1, 0.15) is 0 Å². The Morgan fingerprint density at radius 3 is 2.29 bits per heavy atom. The average Bonchev–Trinajstić information content (AvgIpc) is 2.96. The number of halogens is 3. The summed E-state index contributed by atoms with van der Waals surface area (Å²) in [6.45, 7) is 0. The first-order valence-corrected chi connectivity index (χ1v) is 6.29. The van der Waals surface area contributed by atoms with Gasteiger partial charge >= 0.3 is 5.51 Å². The van der Waals surface area contributed by atoms with Gasteiger partial charge in [-0.2, -0.15) is 13.2 Å². The first-order valence-electron chi connectivity index (χ1n) is 4.81. The first kappa shape index (κ1) is 12.4. The van der Waals surface area contributed by atoms with E-state index in [1.165, 1.54) is 12.1 Å². The van der Waals surface area contributed by atoms with Crippen LogP contribution >= 0.6 is 0 Å². The molecule has 1 fully saturated rings. The third kappa shape index (κ3) is 2.04. The van der Waals surface area contributed by atoms with Crippen LogP contribution in [0.4, 0.5) is 13.2 Å². The zero-order valence-electron chi connectivity index (χ0n) is 8.53. The SMILES string of the molecule is O=S(=O)(c1cccc(C2(O)CC2)c1)C(F)(F)F. The molecule has 0 bridgehead atoms. The van der Waals surface area contributed by atoms with Crippen molar-refractivity contribution in [2.45, 2.75) is 28.8 Å². The lowest BCUT2D eigenvalue weighted by Gasteiger charge is -2.12. The van der Waals surface area contributed by atoms with Crippen LogP contribution in [0.2, 0.25) is 0 Å². The Hall–Kier alpha value is -1.08. The lowest BCUT2D eigenvalue weighted by atomic mass is 10.1. The Balaban J connectivity index is 2.48. The fourth-order valence-corrected chi connectivity index (χ4v) is 2.30. The molecule has 1 aliphatic rings. The Bertz CT molecular complexity index is 544. The van der Waals surface area contributed by atoms with Crippen molar-refractivity contribution in [2.24, 2.45) is 0 Å². The van der Waals surface area contributed by atoms with E-state index < -0.39 is 25.8 Å². The molecule has 7 heteroatoms. The summed E-state index contributed by atoms with van der Waals surface area (Å²) < 4.78 is 59.2. The van der Waals surface area contributed by atoms with E-state index in [1.807, 2.05) is 0 Å². The summed E-state index contributed by atoms with van der Waals surface area (Å²) in [7, 11) is -5.34. The van der Waals surface area contributed by atoms with E-state index in [1.54, 1.807) is 0 Å². The van der Waals surface area contributed by atoms with Crippen molar-refractivity contribution >= 4 is 9.84 Å². The minimum absolute atomic E-state index is 0.211. The van der Waals surface area contributed by atoms with Crippen molar-refractivity contribution < 1.29 is 26.7 Å². The third-order valence-electron chi connectivity index (χ3n) is 2.71. The van der Waals surface area contributed by atoms with Crippen molar-refractivity contribution in [3.63, 3.8) is 0 Å². The number of benzene rings is 1. The number of alkyl halides is 3. The summed E-state index contributed by atoms with van der Waals surface area (Å²) in [5, 5.41) is 9.72. The summed E-state index contributed by atoms with van der Waals surface area (Å²) >= 11 is 0. The van der Waals surface area contributed by atoms with Crippen molar-refractivity contribution in [2.75, 3.05) is 0 Å². The molecule has 1 aromatic carbocycles. The summed E-state index contributed by atoms with van der Waals surface area (Å²) in [6.07, 6.45) is 0.866. The second-order valence-electron chi connectivity index (χ2n) is 4.01. The highest BCUT2D eigenvalue weighted by molar-refractivity contribution is 7.92. The van der Waals surface area contributed by atoms with E-state index >= 15 is 0 Å². The quantitative estimate of drug-likeness (QED) is 0.890. The first-order chi connectivity index (χ1) is 7.67. The van der Waals surface area contributed by atoms with E-state index in [2.05, 4.69) is 0 Å². The number of hydrogen-bond acceptors (Lipinski definition) is 3. The molecule has 0 saturated heterocycles. The Morgan fingerprint density at radius 2 is 1.82 bits per heavy atom. The summed E-state index contributed by atoms with van der Waals surface area (Å²) in [5.41, 5.74) is -6.27. The molecule has 0 aromatic heterocycles. The van der Waals surface area contributed by atoms with Gasteiger partial charge in [0.2, 0.25) is 0 Å². The van der Waals surface area contributed by atoms with Gasteiger partial charge in [-0.3, -0.25) is 0 Å². The maximum atomic E-state index is 12.3. The molecule has 94 valence electrons. The monoisotopic (exact) mass is 266 g/mol. The second kappa shape index (κ2) is 3.46. The third-order valence-corrected chi connectivity index (χ3v) is 4.19. The van der Waals surface area contributed by atoms with Gasteiger partial charge in [0.25, 0.3) is 9.84 Å². The molecule has 0 spiro atoms. The molecular formula is C10H9F3O3S. The molecule has 0 radical (unpaired) electrons. The summed E-state index contributed by atoms with van der Waals surface area (Å²) in [4.78, 5) is -0.831. The molecule has 1 saturated carbocycles. The van der Waals surface area contributed by atoms with Gasteiger partial charge in [0, 0.05) is 0 Å². The number of sulfone groups is 1. The Morgan fingerprint density at radius 1 is 1.24 bits per heavy atom. The number of rotatable bonds is 2. The van der Waals surface area contributed by atoms with E-state index in [-0.39, 0.29) is 5.56 Å². The maximum Gasteiger partial charge on any atom is 0.501 e. The largest absolute Gasteiger partial charge is 0.501 e. The van der Waals surface area contributed by atoms with E-state index in [4.69, 9.17) is 0 Å². The van der Waals surface area contributed by atoms with E-state index in [0.717, 1.165) is 12.1 Å². The van der Waals surface area contributed by atoms with Crippen molar-refractivity contribution in [1.82, 2.24) is 0 Å². The normalized spacial score (nSPS) is 19.1. The van der Waals surface area contributed by atoms with Crippen LogP contribution in [-0.2, 0) is 15.4 Å². The second-order valence-corrected chi connectivity index (χ2v) is 5.95. The summed E-state index contributed by atoms with van der Waals surface area (Å²) in [5.74, 6) is 0. The lowest BCUT2D eigenvalue weighted by molar-refractivity contribution is -0.0436. The minimum atomic E-state index is -5.34. The number of hydrogen-bond donors (Lipinski definition) is 1. The highest BCUT2D eigenvalue weighted by Gasteiger charge is 2.48. The highest BCUT2D eigenvalue weighted by Crippen LogP contribution is 2.46. The zero-order chi connectivity index (χ0) is 12.9. The van der Waals surface area contributed by atoms with Gasteiger partial charge in [-0.15, -0.1) is 0 Å². The standard InChI is InChI=1S/C10H9F3O3S/c11-10(12,13)17(15,16)8-3-1-2-7(6-8)9(14)4-5-9/h1-3,6,14H,4-5H2. The van der Waals surface area contributed by atoms with Crippen LogP contribution in [0.1, 0.15) is 18.4 Å². The maximum absolute atomic E-state index is 12.3. The molecule has 0 heterocycles. The van der Waals surface area contributed by atoms with E-state index in [0.29, 0.717) is 12.8 Å². The molecule has 0 amide bonds. The smallest absolute Gasteiger partial charge is 0.385 e. The van der Waals surface area contributed by atoms with Crippen LogP contribution in [0.25, 0.3) is 0 Å². The molecule has 1 N–H and O–H groups in total. The zero-order valence-corrected chi connectivity index (χ0v) is 9.35. The molecular weight excluding hydrogens is 257 g/mol. The lowest BCUT2D eigenvalue weighted by Crippen LogP contribution is -2.23. The molecule has 3 nitrogen and oxygen atoms in total. The molecule has 17 heavy (non-hydrogen) atoms. The van der Waals surface area contributed by atoms with Crippen LogP contribution in [0.3, 0.4) is 0 Å². The van der Waals surface area contributed by atoms with Gasteiger partial charge < -0.3 is 5.11 Å². The van der Waals surface area contributed by atoms with Crippen LogP contribution in [0.15, 0.2) is 29.2 Å². The van der Waals surface area contributed by atoms with Gasteiger partial charge in [0.05, 0.1) is 10.5 Å². The van der Waals surface area contributed by atoms with Gasteiger partial charge in [-0.25, -0.2) is 8.42 Å². The van der Waals surface area contributed by atoms with Crippen molar-refractivity contribution in [1.29, 1.82) is 0 Å². The molecule has 1 aromatic rings. The van der Waals surface area contributed by atoms with Crippen molar-refractivity contribution in [3.8, 4) is 0 Å². The molecule has 0 unspecified atom stereocenters. The van der Waals surface area contributed by atoms with Crippen molar-refractivity contribution in [3.05, 3.63) is 29.8 Å². The van der Waals surface area contributed by atoms with Crippen LogP contribution < -0.4 is 0 Å². The topological polar surface area (TPSA) is 54.4 Å². The van der Waals surface area contributed by atoms with Crippen LogP contribution in [0, 0.1) is 0 Å². The summed E-state index contributed by atoms with van der Waals surface area (Å²) in [6, 6.07) is 4.38. The van der Waals surface area contributed by atoms with Gasteiger partial charge in [0.15, 0.2) is 0 Å². The fourth-order valence-electron chi connectivity index (χ4n) is 1.49. The van der Waals surface area contributed by atoms with Crippen LogP contribution in [-0.4, -0.2) is 19.0 Å². The molecule has 0 aliphatic heterocycles. The van der Waals surface area contributed by atoms with Gasteiger partial charge in [-0.05, 0) is 30.5 Å². The Kier molecular flexibility index (Phi) is 2.52. The van der Waals surface area contributed by atoms with Gasteiger partial charge in [-0.1, -0.05) is 12.1 Å². The number of aliphatic hydroxyl groups is 1. The molecule has 2 rings (SSSR count). The van der Waals surface area contributed by atoms with E-state index in [9.17, 15) is 26.7 Å².